The molecule has 1 N–H and O–H groups in total. The predicted octanol–water partition coefficient (Wildman–Crippen LogP) is 1.91. The summed E-state index contributed by atoms with van der Waals surface area (Å²) in [4.78, 5) is 0. The molecule has 0 radical (unpaired) electrons. The lowest BCUT2D eigenvalue weighted by Crippen LogP contribution is -2.16. The number of rotatable bonds is 5. The molecule has 1 saturated carbocycles. The zero-order valence-electron chi connectivity index (χ0n) is 8.29. The first-order valence-corrected chi connectivity index (χ1v) is 5.17. The molecule has 0 bridgehead atoms. The van der Waals surface area contributed by atoms with E-state index in [1.165, 1.54) is 31.5 Å². The highest BCUT2D eigenvalue weighted by atomic mass is 15.0. The summed E-state index contributed by atoms with van der Waals surface area (Å²) in [5.74, 6) is 1.04. The van der Waals surface area contributed by atoms with E-state index in [2.05, 4.69) is 35.3 Å². The van der Waals surface area contributed by atoms with E-state index < -0.39 is 0 Å². The normalized spacial score (nSPS) is 16.4. The number of aromatic nitrogens is 1. The van der Waals surface area contributed by atoms with Crippen molar-refractivity contribution in [1.29, 1.82) is 0 Å². The molecule has 0 unspecified atom stereocenters. The highest BCUT2D eigenvalue weighted by molar-refractivity contribution is 5.05. The van der Waals surface area contributed by atoms with Crippen LogP contribution in [0.1, 0.15) is 25.0 Å². The van der Waals surface area contributed by atoms with Gasteiger partial charge in [0.15, 0.2) is 0 Å². The van der Waals surface area contributed by atoms with E-state index in [4.69, 9.17) is 0 Å². The molecule has 0 aliphatic heterocycles. The van der Waals surface area contributed by atoms with Crippen LogP contribution >= 0.6 is 0 Å². The second-order valence-electron chi connectivity index (χ2n) is 4.02. The number of nitrogens with one attached hydrogen (secondary N) is 1. The summed E-state index contributed by atoms with van der Waals surface area (Å²) in [6.07, 6.45) is 6.39. The molecule has 0 saturated heterocycles. The maximum absolute atomic E-state index is 3.48. The van der Waals surface area contributed by atoms with Gasteiger partial charge in [0.1, 0.15) is 0 Å². The first kappa shape index (κ1) is 8.82. The molecule has 13 heavy (non-hydrogen) atoms. The van der Waals surface area contributed by atoms with Crippen LogP contribution < -0.4 is 5.32 Å². The molecule has 1 aromatic rings. The van der Waals surface area contributed by atoms with Gasteiger partial charge in [0, 0.05) is 25.5 Å². The van der Waals surface area contributed by atoms with Crippen LogP contribution in [-0.4, -0.2) is 11.1 Å². The standard InChI is InChI=1S/C11H18N2/c1-13-8-2-3-11(13)9-12-7-6-10-4-5-10/h2-3,8,10,12H,4-7,9H2,1H3. The van der Waals surface area contributed by atoms with Crippen molar-refractivity contribution in [3.63, 3.8) is 0 Å². The quantitative estimate of drug-likeness (QED) is 0.682. The van der Waals surface area contributed by atoms with E-state index in [0.29, 0.717) is 0 Å². The Balaban J connectivity index is 1.64. The summed E-state index contributed by atoms with van der Waals surface area (Å²) >= 11 is 0. The minimum Gasteiger partial charge on any atom is -0.353 e. The van der Waals surface area contributed by atoms with Crippen molar-refractivity contribution in [3.05, 3.63) is 24.0 Å². The van der Waals surface area contributed by atoms with Gasteiger partial charge in [0.25, 0.3) is 0 Å². The van der Waals surface area contributed by atoms with Gasteiger partial charge < -0.3 is 9.88 Å². The zero-order valence-corrected chi connectivity index (χ0v) is 8.29. The Morgan fingerprint density at radius 3 is 3.00 bits per heavy atom. The Morgan fingerprint density at radius 1 is 1.54 bits per heavy atom. The van der Waals surface area contributed by atoms with Crippen molar-refractivity contribution < 1.29 is 0 Å². The van der Waals surface area contributed by atoms with Crippen molar-refractivity contribution in [2.75, 3.05) is 6.54 Å². The number of hydrogen-bond acceptors (Lipinski definition) is 1. The predicted molar refractivity (Wildman–Crippen MR) is 54.5 cm³/mol. The molecule has 1 heterocycles. The van der Waals surface area contributed by atoms with E-state index in [1.54, 1.807) is 0 Å². The van der Waals surface area contributed by atoms with Gasteiger partial charge in [-0.2, -0.15) is 0 Å². The van der Waals surface area contributed by atoms with Gasteiger partial charge >= 0.3 is 0 Å². The average molecular weight is 178 g/mol. The summed E-state index contributed by atoms with van der Waals surface area (Å²) in [5.41, 5.74) is 1.37. The fourth-order valence-corrected chi connectivity index (χ4v) is 1.61. The first-order valence-electron chi connectivity index (χ1n) is 5.17. The van der Waals surface area contributed by atoms with Gasteiger partial charge in [-0.25, -0.2) is 0 Å². The lowest BCUT2D eigenvalue weighted by atomic mass is 10.3. The molecule has 2 heteroatoms. The van der Waals surface area contributed by atoms with E-state index in [-0.39, 0.29) is 0 Å². The number of nitrogens with zero attached hydrogens (tertiary/aromatic N) is 1. The Morgan fingerprint density at radius 2 is 2.38 bits per heavy atom. The highest BCUT2D eigenvalue weighted by Crippen LogP contribution is 2.31. The minimum absolute atomic E-state index is 1.01. The molecule has 72 valence electrons. The van der Waals surface area contributed by atoms with Crippen molar-refractivity contribution in [1.82, 2.24) is 9.88 Å². The van der Waals surface area contributed by atoms with Crippen LogP contribution in [0.3, 0.4) is 0 Å². The van der Waals surface area contributed by atoms with Crippen molar-refractivity contribution in [3.8, 4) is 0 Å². The molecule has 0 atom stereocenters. The van der Waals surface area contributed by atoms with Gasteiger partial charge in [-0.3, -0.25) is 0 Å². The van der Waals surface area contributed by atoms with Crippen LogP contribution in [0.25, 0.3) is 0 Å². The van der Waals surface area contributed by atoms with Crippen molar-refractivity contribution >= 4 is 0 Å². The van der Waals surface area contributed by atoms with Crippen molar-refractivity contribution in [2.24, 2.45) is 13.0 Å². The zero-order chi connectivity index (χ0) is 9.10. The van der Waals surface area contributed by atoms with Gasteiger partial charge in [-0.15, -0.1) is 0 Å². The smallest absolute Gasteiger partial charge is 0.0359 e. The molecule has 0 spiro atoms. The second kappa shape index (κ2) is 3.97. The van der Waals surface area contributed by atoms with Gasteiger partial charge in [-0.1, -0.05) is 12.8 Å². The monoisotopic (exact) mass is 178 g/mol. The summed E-state index contributed by atoms with van der Waals surface area (Å²) in [7, 11) is 2.10. The lowest BCUT2D eigenvalue weighted by Gasteiger charge is -2.05. The van der Waals surface area contributed by atoms with Crippen LogP contribution in [0.2, 0.25) is 0 Å². The highest BCUT2D eigenvalue weighted by Gasteiger charge is 2.19. The molecular formula is C11H18N2. The molecule has 1 fully saturated rings. The summed E-state index contributed by atoms with van der Waals surface area (Å²) < 4.78 is 2.17. The molecule has 2 rings (SSSR count). The molecule has 0 aromatic carbocycles. The van der Waals surface area contributed by atoms with Crippen LogP contribution in [0.15, 0.2) is 18.3 Å². The van der Waals surface area contributed by atoms with Crippen LogP contribution in [0, 0.1) is 5.92 Å². The average Bonchev–Trinajstić information content (AvgIpc) is 2.86. The Kier molecular flexibility index (Phi) is 2.69. The molecule has 0 amide bonds. The van der Waals surface area contributed by atoms with E-state index in [1.807, 2.05) is 0 Å². The molecule has 2 nitrogen and oxygen atoms in total. The largest absolute Gasteiger partial charge is 0.353 e. The van der Waals surface area contributed by atoms with Gasteiger partial charge in [0.2, 0.25) is 0 Å². The minimum atomic E-state index is 1.01. The third kappa shape index (κ3) is 2.59. The molecular weight excluding hydrogens is 160 g/mol. The van der Waals surface area contributed by atoms with E-state index in [9.17, 15) is 0 Å². The second-order valence-corrected chi connectivity index (χ2v) is 4.02. The lowest BCUT2D eigenvalue weighted by molar-refractivity contribution is 0.597. The first-order chi connectivity index (χ1) is 6.36. The van der Waals surface area contributed by atoms with Crippen LogP contribution in [-0.2, 0) is 13.6 Å². The third-order valence-corrected chi connectivity index (χ3v) is 2.78. The topological polar surface area (TPSA) is 17.0 Å². The summed E-state index contributed by atoms with van der Waals surface area (Å²) in [6, 6.07) is 4.27. The van der Waals surface area contributed by atoms with Crippen LogP contribution in [0.5, 0.6) is 0 Å². The maximum atomic E-state index is 3.48. The van der Waals surface area contributed by atoms with Crippen LogP contribution in [0.4, 0.5) is 0 Å². The van der Waals surface area contributed by atoms with Crippen molar-refractivity contribution in [2.45, 2.75) is 25.8 Å². The number of hydrogen-bond donors (Lipinski definition) is 1. The summed E-state index contributed by atoms with van der Waals surface area (Å²) in [5, 5.41) is 3.48. The Hall–Kier alpha value is -0.760. The SMILES string of the molecule is Cn1cccc1CNCCC1CC1. The molecule has 1 aliphatic carbocycles. The molecule has 1 aliphatic rings. The van der Waals surface area contributed by atoms with Gasteiger partial charge in [-0.05, 0) is 31.0 Å². The number of aryl methyl sites for hydroxylation is 1. The molecule has 1 aromatic heterocycles. The summed E-state index contributed by atoms with van der Waals surface area (Å²) in [6.45, 7) is 2.19. The van der Waals surface area contributed by atoms with E-state index >= 15 is 0 Å². The fraction of sp³-hybridized carbons (Fsp3) is 0.636. The van der Waals surface area contributed by atoms with E-state index in [0.717, 1.165) is 12.5 Å². The Labute approximate surface area is 79.9 Å². The van der Waals surface area contributed by atoms with Gasteiger partial charge in [0.05, 0.1) is 0 Å². The fourth-order valence-electron chi connectivity index (χ4n) is 1.61. The third-order valence-electron chi connectivity index (χ3n) is 2.78. The maximum Gasteiger partial charge on any atom is 0.0359 e. The Bertz CT molecular complexity index is 261.